The Balaban J connectivity index is 1.52. The molecule has 1 aliphatic rings. The van der Waals surface area contributed by atoms with Crippen molar-refractivity contribution >= 4 is 11.7 Å². The fraction of sp³-hybridized carbons (Fsp3) is 0.310. The van der Waals surface area contributed by atoms with Gasteiger partial charge in [0.1, 0.15) is 12.4 Å². The minimum Gasteiger partial charge on any atom is -0.493 e. The molecule has 0 saturated carbocycles. The van der Waals surface area contributed by atoms with Crippen LogP contribution >= 0.6 is 0 Å². The second-order valence-electron chi connectivity index (χ2n) is 8.65. The highest BCUT2D eigenvalue weighted by Gasteiger charge is 2.48. The summed E-state index contributed by atoms with van der Waals surface area (Å²) in [6, 6.07) is 13.6. The molecule has 4 rings (SSSR count). The number of β-lactam (4-membered cyclic amide) rings is 1. The first kappa shape index (κ1) is 27.7. The van der Waals surface area contributed by atoms with Crippen molar-refractivity contribution in [3.05, 3.63) is 77.1 Å². The SMILES string of the molecule is COc1ccc(C(=O)c2cc(OC)c(OC)c(OC)c2)cc1OCCN1C(=O)[C@H](OC)[C@@H]1c1cccc(F)c1. The minimum atomic E-state index is -0.694. The van der Waals surface area contributed by atoms with Crippen LogP contribution in [0.3, 0.4) is 0 Å². The number of hydrogen-bond acceptors (Lipinski definition) is 8. The molecule has 2 atom stereocenters. The van der Waals surface area contributed by atoms with Crippen LogP contribution in [0, 0.1) is 5.82 Å². The van der Waals surface area contributed by atoms with Crippen molar-refractivity contribution in [3.63, 3.8) is 0 Å². The number of ketones is 1. The van der Waals surface area contributed by atoms with Gasteiger partial charge in [0, 0.05) is 18.2 Å². The highest BCUT2D eigenvalue weighted by molar-refractivity contribution is 6.10. The van der Waals surface area contributed by atoms with Crippen molar-refractivity contribution < 1.29 is 42.4 Å². The van der Waals surface area contributed by atoms with E-state index in [2.05, 4.69) is 0 Å². The second-order valence-corrected chi connectivity index (χ2v) is 8.65. The molecule has 0 aliphatic carbocycles. The van der Waals surface area contributed by atoms with Crippen molar-refractivity contribution in [2.75, 3.05) is 48.7 Å². The standard InChI is InChI=1S/C29H30FNO8/c1-34-21-10-9-18(26(32)19-15-23(35-2)27(37-4)24(16-19)36-3)14-22(21)39-12-11-31-25(28(38-5)29(31)33)17-7-6-8-20(30)13-17/h6-10,13-16,25,28H,11-12H2,1-5H3/t25-,28+/m0/s1. The van der Waals surface area contributed by atoms with Gasteiger partial charge in [0.2, 0.25) is 5.75 Å². The molecular weight excluding hydrogens is 509 g/mol. The van der Waals surface area contributed by atoms with Gasteiger partial charge in [-0.25, -0.2) is 4.39 Å². The Hall–Kier alpha value is -4.31. The molecule has 10 heteroatoms. The second kappa shape index (κ2) is 12.0. The monoisotopic (exact) mass is 539 g/mol. The normalized spacial score (nSPS) is 16.4. The van der Waals surface area contributed by atoms with Crippen LogP contribution in [0.2, 0.25) is 0 Å². The molecule has 0 N–H and O–H groups in total. The predicted molar refractivity (Wildman–Crippen MR) is 140 cm³/mol. The van der Waals surface area contributed by atoms with Crippen molar-refractivity contribution in [1.82, 2.24) is 4.90 Å². The first-order chi connectivity index (χ1) is 18.9. The van der Waals surface area contributed by atoms with Gasteiger partial charge in [-0.2, -0.15) is 0 Å². The van der Waals surface area contributed by atoms with Gasteiger partial charge in [-0.3, -0.25) is 9.59 Å². The lowest BCUT2D eigenvalue weighted by molar-refractivity contribution is -0.171. The molecule has 206 valence electrons. The number of amides is 1. The molecule has 1 aliphatic heterocycles. The molecule has 0 spiro atoms. The lowest BCUT2D eigenvalue weighted by atomic mass is 9.90. The fourth-order valence-electron chi connectivity index (χ4n) is 4.60. The Bertz CT molecular complexity index is 1340. The Morgan fingerprint density at radius 3 is 2.08 bits per heavy atom. The maximum atomic E-state index is 13.8. The smallest absolute Gasteiger partial charge is 0.254 e. The highest BCUT2D eigenvalue weighted by Crippen LogP contribution is 2.40. The van der Waals surface area contributed by atoms with Crippen LogP contribution in [-0.4, -0.2) is 71.4 Å². The summed E-state index contributed by atoms with van der Waals surface area (Å²) in [7, 11) is 7.37. The molecule has 0 unspecified atom stereocenters. The first-order valence-electron chi connectivity index (χ1n) is 12.1. The number of carbonyl (C=O) groups excluding carboxylic acids is 2. The number of benzene rings is 3. The molecule has 1 fully saturated rings. The fourth-order valence-corrected chi connectivity index (χ4v) is 4.60. The number of nitrogens with zero attached hydrogens (tertiary/aromatic N) is 1. The zero-order valence-electron chi connectivity index (χ0n) is 22.4. The zero-order chi connectivity index (χ0) is 28.1. The van der Waals surface area contributed by atoms with Crippen LogP contribution in [0.1, 0.15) is 27.5 Å². The van der Waals surface area contributed by atoms with Crippen LogP contribution in [-0.2, 0) is 9.53 Å². The summed E-state index contributed by atoms with van der Waals surface area (Å²) in [5.41, 5.74) is 1.31. The van der Waals surface area contributed by atoms with Gasteiger partial charge in [-0.1, -0.05) is 12.1 Å². The molecular formula is C29H30FNO8. The summed E-state index contributed by atoms with van der Waals surface area (Å²) in [5, 5.41) is 0. The Labute approximate surface area is 225 Å². The third-order valence-electron chi connectivity index (χ3n) is 6.54. The third kappa shape index (κ3) is 5.46. The van der Waals surface area contributed by atoms with Crippen molar-refractivity contribution in [1.29, 1.82) is 0 Å². The largest absolute Gasteiger partial charge is 0.493 e. The molecule has 0 bridgehead atoms. The van der Waals surface area contributed by atoms with Crippen LogP contribution in [0.15, 0.2) is 54.6 Å². The van der Waals surface area contributed by atoms with E-state index in [1.165, 1.54) is 47.7 Å². The predicted octanol–water partition coefficient (Wildman–Crippen LogP) is 4.07. The van der Waals surface area contributed by atoms with E-state index in [1.807, 2.05) is 0 Å². The van der Waals surface area contributed by atoms with E-state index in [0.29, 0.717) is 45.4 Å². The van der Waals surface area contributed by atoms with Crippen LogP contribution in [0.5, 0.6) is 28.7 Å². The minimum absolute atomic E-state index is 0.103. The molecule has 3 aromatic rings. The van der Waals surface area contributed by atoms with Gasteiger partial charge in [0.05, 0.1) is 41.0 Å². The number of methoxy groups -OCH3 is 5. The van der Waals surface area contributed by atoms with E-state index in [-0.39, 0.29) is 24.8 Å². The highest BCUT2D eigenvalue weighted by atomic mass is 19.1. The maximum absolute atomic E-state index is 13.8. The molecule has 0 aromatic heterocycles. The lowest BCUT2D eigenvalue weighted by Crippen LogP contribution is -2.60. The number of hydrogen-bond donors (Lipinski definition) is 0. The number of carbonyl (C=O) groups is 2. The van der Waals surface area contributed by atoms with E-state index < -0.39 is 18.0 Å². The Kier molecular flexibility index (Phi) is 8.55. The van der Waals surface area contributed by atoms with Crippen LogP contribution in [0.25, 0.3) is 0 Å². The molecule has 1 saturated heterocycles. The van der Waals surface area contributed by atoms with Crippen molar-refractivity contribution in [3.8, 4) is 28.7 Å². The third-order valence-corrected chi connectivity index (χ3v) is 6.54. The van der Waals surface area contributed by atoms with E-state index in [0.717, 1.165) is 0 Å². The average Bonchev–Trinajstić information content (AvgIpc) is 2.96. The van der Waals surface area contributed by atoms with E-state index in [1.54, 1.807) is 47.4 Å². The Morgan fingerprint density at radius 2 is 1.49 bits per heavy atom. The van der Waals surface area contributed by atoms with Crippen molar-refractivity contribution in [2.24, 2.45) is 0 Å². The maximum Gasteiger partial charge on any atom is 0.254 e. The van der Waals surface area contributed by atoms with Gasteiger partial charge in [0.25, 0.3) is 5.91 Å². The van der Waals surface area contributed by atoms with Gasteiger partial charge in [0.15, 0.2) is 34.9 Å². The number of ether oxygens (including phenoxy) is 6. The Morgan fingerprint density at radius 1 is 0.821 bits per heavy atom. The molecule has 3 aromatic carbocycles. The van der Waals surface area contributed by atoms with Crippen LogP contribution in [0.4, 0.5) is 4.39 Å². The number of likely N-dealkylation sites (tertiary alicyclic amines) is 1. The summed E-state index contributed by atoms with van der Waals surface area (Å²) in [4.78, 5) is 27.6. The lowest BCUT2D eigenvalue weighted by Gasteiger charge is -2.46. The summed E-state index contributed by atoms with van der Waals surface area (Å²) in [6.07, 6.45) is -0.694. The summed E-state index contributed by atoms with van der Waals surface area (Å²) >= 11 is 0. The average molecular weight is 540 g/mol. The molecule has 0 radical (unpaired) electrons. The molecule has 39 heavy (non-hydrogen) atoms. The van der Waals surface area contributed by atoms with Gasteiger partial charge < -0.3 is 33.3 Å². The molecule has 1 heterocycles. The van der Waals surface area contributed by atoms with E-state index in [4.69, 9.17) is 28.4 Å². The summed E-state index contributed by atoms with van der Waals surface area (Å²) in [6.45, 7) is 0.320. The van der Waals surface area contributed by atoms with Crippen molar-refractivity contribution in [2.45, 2.75) is 12.1 Å². The zero-order valence-corrected chi connectivity index (χ0v) is 22.4. The van der Waals surface area contributed by atoms with Gasteiger partial charge >= 0.3 is 0 Å². The topological polar surface area (TPSA) is 92.8 Å². The quantitative estimate of drug-likeness (QED) is 0.251. The van der Waals surface area contributed by atoms with E-state index in [9.17, 15) is 14.0 Å². The van der Waals surface area contributed by atoms with Gasteiger partial charge in [-0.15, -0.1) is 0 Å². The van der Waals surface area contributed by atoms with Crippen LogP contribution < -0.4 is 23.7 Å². The summed E-state index contributed by atoms with van der Waals surface area (Å²) < 4.78 is 46.6. The first-order valence-corrected chi connectivity index (χ1v) is 12.1. The summed E-state index contributed by atoms with van der Waals surface area (Å²) in [5.74, 6) is 0.928. The number of rotatable bonds is 12. The van der Waals surface area contributed by atoms with E-state index >= 15 is 0 Å². The number of halogens is 1. The molecule has 9 nitrogen and oxygen atoms in total. The van der Waals surface area contributed by atoms with Gasteiger partial charge in [-0.05, 0) is 48.0 Å². The molecule has 1 amide bonds.